The molecule has 0 bridgehead atoms. The molecule has 2 aromatic rings. The molecule has 2 N–H and O–H groups in total. The molecule has 1 aromatic heterocycles. The van der Waals surface area contributed by atoms with Crippen molar-refractivity contribution >= 4 is 23.4 Å². The van der Waals surface area contributed by atoms with E-state index in [9.17, 15) is 9.59 Å². The van der Waals surface area contributed by atoms with Crippen LogP contribution in [0.5, 0.6) is 5.75 Å². The van der Waals surface area contributed by atoms with Crippen LogP contribution in [0.4, 0.5) is 0 Å². The van der Waals surface area contributed by atoms with E-state index >= 15 is 0 Å². The minimum Gasteiger partial charge on any atom is -0.497 e. The average molecular weight is 374 g/mol. The molecule has 0 radical (unpaired) electrons. The molecule has 0 unspecified atom stereocenters. The average Bonchev–Trinajstić information content (AvgIpc) is 2.65. The van der Waals surface area contributed by atoms with Crippen LogP contribution in [-0.4, -0.2) is 34.4 Å². The topological polar surface area (TPSA) is 96.4 Å². The molecule has 7 nitrogen and oxygen atoms in total. The van der Waals surface area contributed by atoms with Gasteiger partial charge in [-0.1, -0.05) is 25.1 Å². The van der Waals surface area contributed by atoms with Crippen molar-refractivity contribution < 1.29 is 9.53 Å². The zero-order valence-corrected chi connectivity index (χ0v) is 15.9. The van der Waals surface area contributed by atoms with Gasteiger partial charge in [0.25, 0.3) is 11.5 Å². The Hall–Kier alpha value is -2.61. The lowest BCUT2D eigenvalue weighted by Gasteiger charge is -2.05. The number of rotatable bonds is 8. The number of thioether (sulfide) groups is 1. The maximum atomic E-state index is 12.3. The van der Waals surface area contributed by atoms with E-state index in [1.165, 1.54) is 11.8 Å². The number of nitrogens with zero attached hydrogens (tertiary/aromatic N) is 2. The van der Waals surface area contributed by atoms with E-state index in [4.69, 9.17) is 4.74 Å². The van der Waals surface area contributed by atoms with Gasteiger partial charge in [-0.05, 0) is 43.2 Å². The lowest BCUT2D eigenvalue weighted by Crippen LogP contribution is -2.23. The summed E-state index contributed by atoms with van der Waals surface area (Å²) in [7, 11) is 1.60. The van der Waals surface area contributed by atoms with Crippen LogP contribution < -0.4 is 15.7 Å². The molecule has 26 heavy (non-hydrogen) atoms. The van der Waals surface area contributed by atoms with Crippen LogP contribution in [-0.2, 0) is 0 Å². The van der Waals surface area contributed by atoms with Crippen molar-refractivity contribution in [3.63, 3.8) is 0 Å². The third kappa shape index (κ3) is 5.73. The van der Waals surface area contributed by atoms with Crippen LogP contribution in [0.1, 0.15) is 42.7 Å². The quantitative estimate of drug-likeness (QED) is 0.243. The molecule has 0 fully saturated rings. The third-order valence-corrected chi connectivity index (χ3v) is 4.48. The molecule has 0 spiro atoms. The van der Waals surface area contributed by atoms with E-state index in [0.717, 1.165) is 36.0 Å². The molecular weight excluding hydrogens is 352 g/mol. The van der Waals surface area contributed by atoms with Crippen LogP contribution in [0.15, 0.2) is 45.4 Å². The number of carbonyl (C=O) groups is 1. The summed E-state index contributed by atoms with van der Waals surface area (Å²) in [6, 6.07) is 8.48. The van der Waals surface area contributed by atoms with Gasteiger partial charge in [-0.15, -0.1) is 0 Å². The molecule has 1 amide bonds. The number of hydrazone groups is 1. The Morgan fingerprint density at radius 2 is 2.08 bits per heavy atom. The van der Waals surface area contributed by atoms with Gasteiger partial charge in [0.1, 0.15) is 11.4 Å². The number of aromatic nitrogens is 2. The van der Waals surface area contributed by atoms with Crippen molar-refractivity contribution in [3.05, 3.63) is 51.9 Å². The highest BCUT2D eigenvalue weighted by molar-refractivity contribution is 7.99. The zero-order chi connectivity index (χ0) is 18.9. The number of hydrogen-bond donors (Lipinski definition) is 2. The zero-order valence-electron chi connectivity index (χ0n) is 15.0. The Morgan fingerprint density at radius 1 is 1.35 bits per heavy atom. The maximum Gasteiger partial charge on any atom is 0.290 e. The second kappa shape index (κ2) is 9.76. The summed E-state index contributed by atoms with van der Waals surface area (Å²) in [4.78, 5) is 30.8. The van der Waals surface area contributed by atoms with Crippen LogP contribution in [0.2, 0.25) is 0 Å². The third-order valence-electron chi connectivity index (χ3n) is 3.52. The molecule has 8 heteroatoms. The van der Waals surface area contributed by atoms with Crippen molar-refractivity contribution in [3.8, 4) is 5.75 Å². The van der Waals surface area contributed by atoms with E-state index in [2.05, 4.69) is 27.4 Å². The van der Waals surface area contributed by atoms with Crippen molar-refractivity contribution in [2.24, 2.45) is 5.10 Å². The van der Waals surface area contributed by atoms with Gasteiger partial charge in [-0.25, -0.2) is 10.4 Å². The van der Waals surface area contributed by atoms with E-state index < -0.39 is 5.91 Å². The summed E-state index contributed by atoms with van der Waals surface area (Å²) in [5.41, 5.74) is 3.60. The minimum absolute atomic E-state index is 0.0408. The van der Waals surface area contributed by atoms with Crippen LogP contribution in [0, 0.1) is 0 Å². The van der Waals surface area contributed by atoms with E-state index in [1.807, 2.05) is 24.3 Å². The minimum atomic E-state index is -0.527. The predicted molar refractivity (Wildman–Crippen MR) is 103 cm³/mol. The van der Waals surface area contributed by atoms with Crippen molar-refractivity contribution in [2.45, 2.75) is 31.8 Å². The number of methoxy groups -OCH3 is 1. The molecule has 0 atom stereocenters. The van der Waals surface area contributed by atoms with Gasteiger partial charge in [0.05, 0.1) is 12.8 Å². The molecule has 2 rings (SSSR count). The molecule has 1 aromatic carbocycles. The number of H-pyrrole nitrogens is 1. The van der Waals surface area contributed by atoms with Gasteiger partial charge >= 0.3 is 0 Å². The van der Waals surface area contributed by atoms with Gasteiger partial charge < -0.3 is 9.72 Å². The van der Waals surface area contributed by atoms with Gasteiger partial charge in [0, 0.05) is 11.8 Å². The van der Waals surface area contributed by atoms with Crippen molar-refractivity contribution in [1.29, 1.82) is 0 Å². The number of amides is 1. The molecule has 1 heterocycles. The first-order chi connectivity index (χ1) is 12.5. The summed E-state index contributed by atoms with van der Waals surface area (Å²) < 4.78 is 5.11. The highest BCUT2D eigenvalue weighted by Gasteiger charge is 2.10. The molecule has 0 aliphatic carbocycles. The van der Waals surface area contributed by atoms with E-state index in [-0.39, 0.29) is 11.3 Å². The predicted octanol–water partition coefficient (Wildman–Crippen LogP) is 2.82. The van der Waals surface area contributed by atoms with Crippen LogP contribution >= 0.6 is 11.8 Å². The van der Waals surface area contributed by atoms with E-state index in [0.29, 0.717) is 10.9 Å². The first kappa shape index (κ1) is 19.7. The number of hydrogen-bond acceptors (Lipinski definition) is 6. The fourth-order valence-electron chi connectivity index (χ4n) is 2.02. The van der Waals surface area contributed by atoms with Crippen LogP contribution in [0.3, 0.4) is 0 Å². The monoisotopic (exact) mass is 374 g/mol. The number of benzene rings is 1. The molecule has 0 saturated heterocycles. The van der Waals surface area contributed by atoms with Gasteiger partial charge in [0.2, 0.25) is 0 Å². The molecule has 138 valence electrons. The van der Waals surface area contributed by atoms with Crippen molar-refractivity contribution in [2.75, 3.05) is 12.9 Å². The number of nitrogens with one attached hydrogen (secondary N) is 2. The van der Waals surface area contributed by atoms with Crippen LogP contribution in [0.25, 0.3) is 0 Å². The first-order valence-corrected chi connectivity index (χ1v) is 9.25. The van der Waals surface area contributed by atoms with E-state index in [1.54, 1.807) is 14.0 Å². The Kier molecular flexibility index (Phi) is 7.40. The smallest absolute Gasteiger partial charge is 0.290 e. The number of carbonyl (C=O) groups excluding carboxylic acids is 1. The van der Waals surface area contributed by atoms with Crippen molar-refractivity contribution in [1.82, 2.24) is 15.4 Å². The number of aromatic amines is 1. The Bertz CT molecular complexity index is 831. The Morgan fingerprint density at radius 3 is 2.73 bits per heavy atom. The summed E-state index contributed by atoms with van der Waals surface area (Å²) >= 11 is 1.42. The summed E-state index contributed by atoms with van der Waals surface area (Å²) in [6.07, 6.45) is 2.06. The largest absolute Gasteiger partial charge is 0.497 e. The highest BCUT2D eigenvalue weighted by atomic mass is 32.2. The summed E-state index contributed by atoms with van der Waals surface area (Å²) in [5, 5.41) is 4.52. The fraction of sp³-hybridized carbons (Fsp3) is 0.333. The second-order valence-corrected chi connectivity index (χ2v) is 6.59. The Labute approximate surface area is 156 Å². The summed E-state index contributed by atoms with van der Waals surface area (Å²) in [6.45, 7) is 3.86. The molecule has 0 aliphatic heterocycles. The number of ether oxygens (including phenoxy) is 1. The maximum absolute atomic E-state index is 12.3. The Balaban J connectivity index is 2.07. The second-order valence-electron chi connectivity index (χ2n) is 5.50. The standard InChI is InChI=1S/C18H22N4O3S/c1-4-5-10-26-18-19-15(11-16(23)20-18)17(24)22-21-12(2)13-6-8-14(25-3)9-7-13/h6-9,11H,4-5,10H2,1-3H3,(H,22,24)(H,19,20,23). The number of unbranched alkanes of at least 4 members (excludes halogenated alkanes) is 1. The molecular formula is C18H22N4O3S. The van der Waals surface area contributed by atoms with Gasteiger partial charge in [-0.2, -0.15) is 5.10 Å². The normalized spacial score (nSPS) is 11.3. The fourth-order valence-corrected chi connectivity index (χ4v) is 2.98. The lowest BCUT2D eigenvalue weighted by atomic mass is 10.1. The van der Waals surface area contributed by atoms with Gasteiger partial charge in [0.15, 0.2) is 5.16 Å². The molecule has 0 saturated carbocycles. The SMILES string of the molecule is CCCCSc1nc(C(=O)NN=C(C)c2ccc(OC)cc2)cc(=O)[nH]1. The lowest BCUT2D eigenvalue weighted by molar-refractivity contribution is 0.0948. The summed E-state index contributed by atoms with van der Waals surface area (Å²) in [5.74, 6) is 1.05. The highest BCUT2D eigenvalue weighted by Crippen LogP contribution is 2.14. The van der Waals surface area contributed by atoms with Gasteiger partial charge in [-0.3, -0.25) is 9.59 Å². The first-order valence-electron chi connectivity index (χ1n) is 8.26. The molecule has 0 aliphatic rings.